The Balaban J connectivity index is 0.000000273. The third kappa shape index (κ3) is 11.9. The van der Waals surface area contributed by atoms with Gasteiger partial charge < -0.3 is 31.2 Å². The van der Waals surface area contributed by atoms with Crippen molar-refractivity contribution in [2.24, 2.45) is 0 Å². The van der Waals surface area contributed by atoms with Crippen LogP contribution < -0.4 is 54.4 Å². The standard InChI is InChI=1S/C19H22N2O2.C12H17NO.C7H5NO.Na.H/c1-23-18-10-6-5-9-17(18)15-11-13-21(14-12-15)19(22)20-16-7-3-2-4-8-16;1-14-12-5-3-2-4-11(12)10-6-8-13-9-7-10;8-6-9-7-4-2-1-3-5-7;;/h2-10,15H,11-14H2,1H3,(H,20,22);2-5,10,13H,6-9H2,1H3;1-5H;;/q;;;+1;-1. The van der Waals surface area contributed by atoms with E-state index >= 15 is 0 Å². The van der Waals surface area contributed by atoms with Crippen LogP contribution in [0.1, 0.15) is 50.1 Å². The Morgan fingerprint density at radius 2 is 1.21 bits per heavy atom. The minimum absolute atomic E-state index is 0. The van der Waals surface area contributed by atoms with Gasteiger partial charge in [-0.05, 0) is 98.1 Å². The van der Waals surface area contributed by atoms with Gasteiger partial charge in [-0.1, -0.05) is 72.8 Å². The first-order chi connectivity index (χ1) is 22.6. The number of likely N-dealkylation sites (tertiary alicyclic amines) is 1. The van der Waals surface area contributed by atoms with Crippen molar-refractivity contribution < 1.29 is 50.0 Å². The first kappa shape index (κ1) is 37.5. The molecule has 2 aliphatic rings. The first-order valence-corrected chi connectivity index (χ1v) is 15.8. The number of urea groups is 1. The van der Waals surface area contributed by atoms with Crippen molar-refractivity contribution in [1.82, 2.24) is 10.2 Å². The molecular weight excluding hydrogens is 599 g/mol. The average Bonchev–Trinajstić information content (AvgIpc) is 3.13. The molecule has 0 aromatic heterocycles. The number of amides is 2. The Bertz CT molecular complexity index is 1510. The van der Waals surface area contributed by atoms with E-state index in [1.54, 1.807) is 32.6 Å². The molecular formula is C38H45N4NaO4. The van der Waals surface area contributed by atoms with Crippen LogP contribution in [0, 0.1) is 11.5 Å². The van der Waals surface area contributed by atoms with Crippen LogP contribution >= 0.6 is 0 Å². The maximum absolute atomic E-state index is 12.3. The summed E-state index contributed by atoms with van der Waals surface area (Å²) in [7, 11) is 3.46. The Morgan fingerprint density at radius 1 is 0.745 bits per heavy atom. The van der Waals surface area contributed by atoms with Crippen molar-refractivity contribution in [2.45, 2.75) is 37.5 Å². The van der Waals surface area contributed by atoms with Gasteiger partial charge in [0.15, 0.2) is 0 Å². The molecule has 0 unspecified atom stereocenters. The van der Waals surface area contributed by atoms with E-state index in [9.17, 15) is 4.79 Å². The Hall–Kier alpha value is -4.00. The quantitative estimate of drug-likeness (QED) is 0.228. The fourth-order valence-corrected chi connectivity index (χ4v) is 5.80. The molecule has 2 amide bonds. The number of rotatable bonds is 6. The average molecular weight is 645 g/mol. The van der Waals surface area contributed by atoms with Crippen LogP contribution in [0.2, 0.25) is 0 Å². The van der Waals surface area contributed by atoms with Crippen molar-refractivity contribution in [3.05, 3.63) is 120 Å². The van der Waals surface area contributed by atoms with E-state index in [1.165, 1.54) is 24.0 Å². The molecule has 0 aliphatic carbocycles. The molecule has 0 bridgehead atoms. The van der Waals surface area contributed by atoms with Crippen LogP contribution in [0.5, 0.6) is 17.2 Å². The number of carbonyl (C=O) groups excluding carboxylic acids is 1. The third-order valence-corrected chi connectivity index (χ3v) is 8.21. The monoisotopic (exact) mass is 644 g/mol. The van der Waals surface area contributed by atoms with Crippen molar-refractivity contribution in [3.8, 4) is 23.5 Å². The molecule has 2 N–H and O–H groups in total. The number of nitriles is 1. The van der Waals surface area contributed by atoms with Gasteiger partial charge in [-0.15, -0.1) is 5.26 Å². The SMILES string of the molecule is COc1ccccc1C1CCN(C(=O)Nc2ccccc2)CC1.COc1ccccc1C1CCNCC1.N#COc1ccccc1.[H-].[Na+]. The Labute approximate surface area is 302 Å². The maximum Gasteiger partial charge on any atom is 1.00 e. The summed E-state index contributed by atoms with van der Waals surface area (Å²) in [5.74, 6) is 3.69. The predicted octanol–water partition coefficient (Wildman–Crippen LogP) is 4.93. The van der Waals surface area contributed by atoms with Crippen LogP contribution in [0.3, 0.4) is 0 Å². The maximum atomic E-state index is 12.3. The van der Waals surface area contributed by atoms with E-state index in [1.807, 2.05) is 77.7 Å². The molecule has 6 rings (SSSR count). The topological polar surface area (TPSA) is 95.9 Å². The van der Waals surface area contributed by atoms with Gasteiger partial charge >= 0.3 is 35.6 Å². The fraction of sp³-hybridized carbons (Fsp3) is 0.316. The molecule has 0 spiro atoms. The molecule has 2 aliphatic heterocycles. The molecule has 9 heteroatoms. The predicted molar refractivity (Wildman–Crippen MR) is 184 cm³/mol. The van der Waals surface area contributed by atoms with Gasteiger partial charge in [0.1, 0.15) is 17.2 Å². The first-order valence-electron chi connectivity index (χ1n) is 15.8. The summed E-state index contributed by atoms with van der Waals surface area (Å²) in [5, 5.41) is 14.4. The smallest absolute Gasteiger partial charge is 1.00 e. The van der Waals surface area contributed by atoms with Crippen molar-refractivity contribution in [1.29, 1.82) is 5.26 Å². The summed E-state index contributed by atoms with van der Waals surface area (Å²) < 4.78 is 15.3. The van der Waals surface area contributed by atoms with Gasteiger partial charge in [-0.25, -0.2) is 4.79 Å². The second-order valence-corrected chi connectivity index (χ2v) is 11.1. The van der Waals surface area contributed by atoms with E-state index in [0.29, 0.717) is 17.6 Å². The molecule has 4 aromatic rings. The molecule has 0 atom stereocenters. The van der Waals surface area contributed by atoms with E-state index in [0.717, 1.165) is 56.2 Å². The zero-order valence-corrected chi connectivity index (χ0v) is 29.7. The summed E-state index contributed by atoms with van der Waals surface area (Å²) in [4.78, 5) is 14.2. The number of nitrogens with zero attached hydrogens (tertiary/aromatic N) is 2. The molecule has 47 heavy (non-hydrogen) atoms. The molecule has 242 valence electrons. The number of ether oxygens (including phenoxy) is 3. The molecule has 0 radical (unpaired) electrons. The molecule has 8 nitrogen and oxygen atoms in total. The summed E-state index contributed by atoms with van der Waals surface area (Å²) >= 11 is 0. The number of hydrogen-bond acceptors (Lipinski definition) is 6. The van der Waals surface area contributed by atoms with Crippen molar-refractivity contribution in [3.63, 3.8) is 0 Å². The van der Waals surface area contributed by atoms with Crippen LogP contribution in [0.25, 0.3) is 0 Å². The van der Waals surface area contributed by atoms with Gasteiger partial charge in [-0.2, -0.15) is 0 Å². The Morgan fingerprint density at radius 3 is 1.72 bits per heavy atom. The second-order valence-electron chi connectivity index (χ2n) is 11.1. The molecule has 4 aromatic carbocycles. The molecule has 2 fully saturated rings. The van der Waals surface area contributed by atoms with E-state index in [2.05, 4.69) is 39.6 Å². The van der Waals surface area contributed by atoms with Crippen LogP contribution in [-0.4, -0.2) is 51.3 Å². The van der Waals surface area contributed by atoms with Gasteiger partial charge in [-0.3, -0.25) is 0 Å². The van der Waals surface area contributed by atoms with Crippen molar-refractivity contribution in [2.75, 3.05) is 45.7 Å². The minimum Gasteiger partial charge on any atom is -1.00 e. The number of nitrogens with one attached hydrogen (secondary N) is 2. The van der Waals surface area contributed by atoms with E-state index < -0.39 is 0 Å². The molecule has 2 saturated heterocycles. The van der Waals surface area contributed by atoms with Crippen molar-refractivity contribution >= 4 is 11.7 Å². The number of carbonyl (C=O) groups is 1. The van der Waals surface area contributed by atoms with E-state index in [4.69, 9.17) is 14.7 Å². The normalized spacial score (nSPS) is 14.4. The summed E-state index contributed by atoms with van der Waals surface area (Å²) in [6.45, 7) is 3.79. The summed E-state index contributed by atoms with van der Waals surface area (Å²) in [6, 6.07) is 35.0. The summed E-state index contributed by atoms with van der Waals surface area (Å²) in [6.07, 6.45) is 5.95. The van der Waals surface area contributed by atoms with Crippen LogP contribution in [0.15, 0.2) is 109 Å². The number of hydrogen-bond donors (Lipinski definition) is 2. The van der Waals surface area contributed by atoms with Crippen LogP contribution in [-0.2, 0) is 0 Å². The van der Waals surface area contributed by atoms with Crippen LogP contribution in [0.4, 0.5) is 10.5 Å². The third-order valence-electron chi connectivity index (χ3n) is 8.21. The van der Waals surface area contributed by atoms with E-state index in [-0.39, 0.29) is 37.0 Å². The molecule has 2 heterocycles. The number of methoxy groups -OCH3 is 2. The zero-order chi connectivity index (χ0) is 32.4. The summed E-state index contributed by atoms with van der Waals surface area (Å²) in [5.41, 5.74) is 3.46. The number of para-hydroxylation sites is 4. The van der Waals surface area contributed by atoms with Gasteiger partial charge in [0.25, 0.3) is 6.26 Å². The van der Waals surface area contributed by atoms with Gasteiger partial charge in [0.2, 0.25) is 0 Å². The number of benzene rings is 4. The fourth-order valence-electron chi connectivity index (χ4n) is 5.80. The molecule has 0 saturated carbocycles. The Kier molecular flexibility index (Phi) is 16.7. The zero-order valence-electron chi connectivity index (χ0n) is 28.7. The second kappa shape index (κ2) is 21.0. The van der Waals surface area contributed by atoms with Gasteiger partial charge in [0.05, 0.1) is 14.2 Å². The number of anilines is 1. The number of piperidine rings is 2. The largest absolute Gasteiger partial charge is 1.00 e. The minimum atomic E-state index is -0.0188. The van der Waals surface area contributed by atoms with Gasteiger partial charge in [0, 0.05) is 18.8 Å².